The normalized spacial score (nSPS) is 17.3. The van der Waals surface area contributed by atoms with Gasteiger partial charge in [-0.2, -0.15) is 0 Å². The molecule has 0 saturated heterocycles. The van der Waals surface area contributed by atoms with Crippen molar-refractivity contribution in [2.24, 2.45) is 0 Å². The zero-order valence-corrected chi connectivity index (χ0v) is 15.0. The van der Waals surface area contributed by atoms with Crippen LogP contribution in [0.4, 0.5) is 4.39 Å². The van der Waals surface area contributed by atoms with Gasteiger partial charge in [0.25, 0.3) is 0 Å². The Kier molecular flexibility index (Phi) is 3.69. The van der Waals surface area contributed by atoms with Crippen molar-refractivity contribution in [2.75, 3.05) is 0 Å². The number of para-hydroxylation sites is 1. The van der Waals surface area contributed by atoms with Gasteiger partial charge in [-0.15, -0.1) is 0 Å². The predicted octanol–water partition coefficient (Wildman–Crippen LogP) is 6.02. The molecular weight excluding hydrogens is 351 g/mol. The van der Waals surface area contributed by atoms with Crippen molar-refractivity contribution in [2.45, 2.75) is 5.41 Å². The van der Waals surface area contributed by atoms with Gasteiger partial charge in [0.2, 0.25) is 0 Å². The van der Waals surface area contributed by atoms with Crippen molar-refractivity contribution in [3.05, 3.63) is 125 Å². The summed E-state index contributed by atoms with van der Waals surface area (Å²) in [5.74, 6) is 1.15. The van der Waals surface area contributed by atoms with E-state index in [1.807, 2.05) is 66.7 Å². The van der Waals surface area contributed by atoms with Gasteiger partial charge in [0.15, 0.2) is 0 Å². The molecule has 136 valence electrons. The van der Waals surface area contributed by atoms with Crippen LogP contribution in [-0.4, -0.2) is 5.11 Å². The minimum atomic E-state index is -0.813. The van der Waals surface area contributed by atoms with Crippen LogP contribution in [0, 0.1) is 5.82 Å². The van der Waals surface area contributed by atoms with Gasteiger partial charge in [0.05, 0.1) is 5.41 Å². The summed E-state index contributed by atoms with van der Waals surface area (Å²) in [7, 11) is 0. The molecule has 0 aliphatic carbocycles. The fraction of sp³-hybridized carbons (Fsp3) is 0.0400. The number of ether oxygens (including phenoxy) is 1. The van der Waals surface area contributed by atoms with Crippen LogP contribution in [0.5, 0.6) is 17.2 Å². The molecule has 0 amide bonds. The highest BCUT2D eigenvalue weighted by atomic mass is 19.1. The van der Waals surface area contributed by atoms with Crippen molar-refractivity contribution in [3.63, 3.8) is 0 Å². The number of halogens is 1. The van der Waals surface area contributed by atoms with Gasteiger partial charge in [-0.05, 0) is 47.5 Å². The summed E-state index contributed by atoms with van der Waals surface area (Å²) < 4.78 is 20.6. The lowest BCUT2D eigenvalue weighted by Crippen LogP contribution is -2.34. The van der Waals surface area contributed by atoms with E-state index < -0.39 is 5.41 Å². The zero-order chi connectivity index (χ0) is 19.1. The maximum Gasteiger partial charge on any atom is 0.132 e. The summed E-state index contributed by atoms with van der Waals surface area (Å²) in [6.07, 6.45) is 0. The number of rotatable bonds is 2. The Balaban J connectivity index is 1.98. The van der Waals surface area contributed by atoms with Crippen LogP contribution in [0.25, 0.3) is 0 Å². The highest BCUT2D eigenvalue weighted by Crippen LogP contribution is 2.55. The Morgan fingerprint density at radius 3 is 2.18 bits per heavy atom. The first kappa shape index (κ1) is 16.6. The highest BCUT2D eigenvalue weighted by molar-refractivity contribution is 5.69. The molecule has 3 heteroatoms. The predicted molar refractivity (Wildman–Crippen MR) is 106 cm³/mol. The van der Waals surface area contributed by atoms with Gasteiger partial charge in [0, 0.05) is 11.1 Å². The molecular formula is C25H17FO2. The van der Waals surface area contributed by atoms with Crippen LogP contribution >= 0.6 is 0 Å². The van der Waals surface area contributed by atoms with E-state index in [2.05, 4.69) is 0 Å². The van der Waals surface area contributed by atoms with Crippen LogP contribution < -0.4 is 4.74 Å². The van der Waals surface area contributed by atoms with Gasteiger partial charge in [-0.1, -0.05) is 60.7 Å². The molecule has 1 unspecified atom stereocenters. The lowest BCUT2D eigenvalue weighted by molar-refractivity contribution is 0.430. The second kappa shape index (κ2) is 6.24. The number of phenols is 1. The van der Waals surface area contributed by atoms with Crippen LogP contribution in [0.2, 0.25) is 0 Å². The zero-order valence-electron chi connectivity index (χ0n) is 15.0. The van der Waals surface area contributed by atoms with Crippen LogP contribution in [0.3, 0.4) is 0 Å². The summed E-state index contributed by atoms with van der Waals surface area (Å²) >= 11 is 0. The van der Waals surface area contributed by atoms with Gasteiger partial charge in [-0.25, -0.2) is 4.39 Å². The minimum Gasteiger partial charge on any atom is -0.508 e. The number of aromatic hydroxyl groups is 1. The number of hydrogen-bond donors (Lipinski definition) is 1. The number of benzene rings is 4. The second-order valence-electron chi connectivity index (χ2n) is 6.91. The number of hydrogen-bond acceptors (Lipinski definition) is 2. The first-order valence-corrected chi connectivity index (χ1v) is 9.12. The monoisotopic (exact) mass is 368 g/mol. The fourth-order valence-corrected chi connectivity index (χ4v) is 4.23. The quantitative estimate of drug-likeness (QED) is 0.413. The number of fused-ring (bicyclic) bond motifs is 2. The van der Waals surface area contributed by atoms with E-state index in [4.69, 9.17) is 4.74 Å². The molecule has 1 N–H and O–H groups in total. The average Bonchev–Trinajstić information content (AvgIpc) is 2.73. The van der Waals surface area contributed by atoms with Crippen LogP contribution in [0.1, 0.15) is 22.3 Å². The molecule has 4 aromatic rings. The van der Waals surface area contributed by atoms with E-state index in [1.165, 1.54) is 12.1 Å². The molecule has 4 aromatic carbocycles. The Hall–Kier alpha value is -3.59. The molecule has 1 aliphatic rings. The fourth-order valence-electron chi connectivity index (χ4n) is 4.23. The van der Waals surface area contributed by atoms with Crippen molar-refractivity contribution in [1.82, 2.24) is 0 Å². The lowest BCUT2D eigenvalue weighted by atomic mass is 9.63. The van der Waals surface area contributed by atoms with E-state index in [1.54, 1.807) is 18.2 Å². The molecule has 0 saturated carbocycles. The van der Waals surface area contributed by atoms with E-state index in [0.717, 1.165) is 16.7 Å². The summed E-state index contributed by atoms with van der Waals surface area (Å²) in [5, 5.41) is 10.3. The molecule has 28 heavy (non-hydrogen) atoms. The Bertz CT molecular complexity index is 1170. The van der Waals surface area contributed by atoms with Crippen molar-refractivity contribution in [1.29, 1.82) is 0 Å². The first-order chi connectivity index (χ1) is 13.7. The third-order valence-electron chi connectivity index (χ3n) is 5.34. The standard InChI is InChI=1S/C25H17FO2/c26-19-13-14-24-22(16-19)25(17-7-2-1-3-8-17,18-9-6-10-20(27)15-18)21-11-4-5-12-23(21)28-24/h1-16,27H. The SMILES string of the molecule is Oc1cccc(C2(c3ccccc3)c3ccccc3Oc3ccc(F)cc32)c1. The Morgan fingerprint density at radius 2 is 1.36 bits per heavy atom. The Morgan fingerprint density at radius 1 is 0.643 bits per heavy atom. The summed E-state index contributed by atoms with van der Waals surface area (Å²) in [6.45, 7) is 0. The van der Waals surface area contributed by atoms with Gasteiger partial charge in [0.1, 0.15) is 23.1 Å². The molecule has 0 aromatic heterocycles. The van der Waals surface area contributed by atoms with E-state index in [-0.39, 0.29) is 11.6 Å². The molecule has 0 bridgehead atoms. The van der Waals surface area contributed by atoms with E-state index in [9.17, 15) is 9.50 Å². The maximum absolute atomic E-state index is 14.4. The average molecular weight is 368 g/mol. The van der Waals surface area contributed by atoms with Crippen LogP contribution in [-0.2, 0) is 5.41 Å². The Labute approximate surface area is 162 Å². The lowest BCUT2D eigenvalue weighted by Gasteiger charge is -2.41. The van der Waals surface area contributed by atoms with Gasteiger partial charge >= 0.3 is 0 Å². The molecule has 2 nitrogen and oxygen atoms in total. The molecule has 1 atom stereocenters. The first-order valence-electron chi connectivity index (χ1n) is 9.12. The third-order valence-corrected chi connectivity index (χ3v) is 5.34. The summed E-state index contributed by atoms with van der Waals surface area (Å²) in [5.41, 5.74) is 2.63. The van der Waals surface area contributed by atoms with Gasteiger partial charge in [-0.3, -0.25) is 0 Å². The third kappa shape index (κ3) is 2.33. The minimum absolute atomic E-state index is 0.162. The largest absolute Gasteiger partial charge is 0.508 e. The summed E-state index contributed by atoms with van der Waals surface area (Å²) in [6, 6.07) is 29.5. The summed E-state index contributed by atoms with van der Waals surface area (Å²) in [4.78, 5) is 0. The molecule has 0 fully saturated rings. The molecule has 5 rings (SSSR count). The van der Waals surface area contributed by atoms with E-state index >= 15 is 0 Å². The van der Waals surface area contributed by atoms with Crippen LogP contribution in [0.15, 0.2) is 97.1 Å². The molecule has 1 aliphatic heterocycles. The van der Waals surface area contributed by atoms with E-state index in [0.29, 0.717) is 17.1 Å². The number of phenolic OH excluding ortho intramolecular Hbond substituents is 1. The molecule has 1 heterocycles. The molecule has 0 radical (unpaired) electrons. The van der Waals surface area contributed by atoms with Crippen molar-refractivity contribution < 1.29 is 14.2 Å². The van der Waals surface area contributed by atoms with Crippen molar-refractivity contribution >= 4 is 0 Å². The topological polar surface area (TPSA) is 29.5 Å². The van der Waals surface area contributed by atoms with Gasteiger partial charge < -0.3 is 9.84 Å². The maximum atomic E-state index is 14.4. The highest BCUT2D eigenvalue weighted by Gasteiger charge is 2.45. The smallest absolute Gasteiger partial charge is 0.132 e. The molecule has 0 spiro atoms. The second-order valence-corrected chi connectivity index (χ2v) is 6.91. The van der Waals surface area contributed by atoms with Crippen molar-refractivity contribution in [3.8, 4) is 17.2 Å².